The smallest absolute Gasteiger partial charge is 0.0771 e. The molecule has 0 unspecified atom stereocenters. The average molecular weight is 254 g/mol. The molecular weight excluding hydrogens is 236 g/mol. The SMILES string of the molecule is CC(C)(C)SCc1ccc(C#CCCO)s1. The minimum absolute atomic E-state index is 0.144. The lowest BCUT2D eigenvalue weighted by Crippen LogP contribution is -2.06. The lowest BCUT2D eigenvalue weighted by atomic mass is 10.3. The van der Waals surface area contributed by atoms with E-state index in [4.69, 9.17) is 5.11 Å². The molecule has 0 radical (unpaired) electrons. The standard InChI is InChI=1S/C13H18OS2/c1-13(2,3)15-10-12-8-7-11(16-12)6-4-5-9-14/h7-8,14H,5,9-10H2,1-3H3. The largest absolute Gasteiger partial charge is 0.395 e. The predicted molar refractivity (Wildman–Crippen MR) is 73.9 cm³/mol. The highest BCUT2D eigenvalue weighted by Crippen LogP contribution is 2.29. The van der Waals surface area contributed by atoms with Gasteiger partial charge in [-0.05, 0) is 12.1 Å². The molecular formula is C13H18OS2. The quantitative estimate of drug-likeness (QED) is 0.833. The van der Waals surface area contributed by atoms with Crippen molar-refractivity contribution < 1.29 is 5.11 Å². The normalized spacial score (nSPS) is 11.0. The molecule has 0 fully saturated rings. The molecule has 1 N–H and O–H groups in total. The van der Waals surface area contributed by atoms with Crippen molar-refractivity contribution in [1.82, 2.24) is 0 Å². The zero-order valence-corrected chi connectivity index (χ0v) is 11.7. The Hall–Kier alpha value is -0.430. The van der Waals surface area contributed by atoms with Gasteiger partial charge < -0.3 is 5.11 Å². The van der Waals surface area contributed by atoms with E-state index in [1.54, 1.807) is 11.3 Å². The highest BCUT2D eigenvalue weighted by molar-refractivity contribution is 7.99. The maximum Gasteiger partial charge on any atom is 0.0771 e. The zero-order valence-electron chi connectivity index (χ0n) is 10.0. The summed E-state index contributed by atoms with van der Waals surface area (Å²) in [5.74, 6) is 7.05. The Morgan fingerprint density at radius 1 is 1.38 bits per heavy atom. The molecule has 1 heterocycles. The first-order chi connectivity index (χ1) is 7.51. The Labute approximate surface area is 106 Å². The van der Waals surface area contributed by atoms with E-state index in [0.717, 1.165) is 10.6 Å². The molecule has 0 bridgehead atoms. The summed E-state index contributed by atoms with van der Waals surface area (Å²) in [4.78, 5) is 2.46. The molecule has 0 aliphatic rings. The van der Waals surface area contributed by atoms with Gasteiger partial charge in [0.2, 0.25) is 0 Å². The van der Waals surface area contributed by atoms with E-state index >= 15 is 0 Å². The van der Waals surface area contributed by atoms with Crippen LogP contribution in [0.25, 0.3) is 0 Å². The molecule has 88 valence electrons. The molecule has 1 aromatic heterocycles. The summed E-state index contributed by atoms with van der Waals surface area (Å²) in [7, 11) is 0. The van der Waals surface area contributed by atoms with Crippen molar-refractivity contribution >= 4 is 23.1 Å². The van der Waals surface area contributed by atoms with Crippen molar-refractivity contribution in [2.24, 2.45) is 0 Å². The van der Waals surface area contributed by atoms with Crippen molar-refractivity contribution in [3.05, 3.63) is 21.9 Å². The van der Waals surface area contributed by atoms with Crippen LogP contribution in [0.1, 0.15) is 36.9 Å². The monoisotopic (exact) mass is 254 g/mol. The summed E-state index contributed by atoms with van der Waals surface area (Å²) in [6.45, 7) is 6.83. The lowest BCUT2D eigenvalue weighted by Gasteiger charge is -2.16. The molecule has 16 heavy (non-hydrogen) atoms. The Morgan fingerprint density at radius 2 is 2.12 bits per heavy atom. The third kappa shape index (κ3) is 5.60. The van der Waals surface area contributed by atoms with Crippen LogP contribution in [0, 0.1) is 11.8 Å². The average Bonchev–Trinajstić information content (AvgIpc) is 2.62. The van der Waals surface area contributed by atoms with Crippen LogP contribution in [-0.4, -0.2) is 16.5 Å². The van der Waals surface area contributed by atoms with Crippen molar-refractivity contribution in [2.75, 3.05) is 6.61 Å². The van der Waals surface area contributed by atoms with Crippen LogP contribution in [0.5, 0.6) is 0 Å². The molecule has 0 aromatic carbocycles. The van der Waals surface area contributed by atoms with E-state index in [1.807, 2.05) is 11.8 Å². The van der Waals surface area contributed by atoms with Crippen molar-refractivity contribution in [3.8, 4) is 11.8 Å². The molecule has 1 aromatic rings. The number of aliphatic hydroxyl groups is 1. The second-order valence-electron chi connectivity index (χ2n) is 4.44. The van der Waals surface area contributed by atoms with Gasteiger partial charge >= 0.3 is 0 Å². The van der Waals surface area contributed by atoms with Gasteiger partial charge in [0.1, 0.15) is 0 Å². The first-order valence-corrected chi connectivity index (χ1v) is 7.14. The fraction of sp³-hybridized carbons (Fsp3) is 0.538. The van der Waals surface area contributed by atoms with E-state index in [1.165, 1.54) is 4.88 Å². The first-order valence-electron chi connectivity index (χ1n) is 5.34. The van der Waals surface area contributed by atoms with Crippen LogP contribution in [0.15, 0.2) is 12.1 Å². The summed E-state index contributed by atoms with van der Waals surface area (Å²) in [6.07, 6.45) is 0.559. The van der Waals surface area contributed by atoms with E-state index < -0.39 is 0 Å². The molecule has 0 amide bonds. The second kappa shape index (κ2) is 6.34. The van der Waals surface area contributed by atoms with E-state index in [-0.39, 0.29) is 6.61 Å². The fourth-order valence-corrected chi connectivity index (χ4v) is 2.78. The minimum Gasteiger partial charge on any atom is -0.395 e. The number of rotatable bonds is 3. The molecule has 0 spiro atoms. The number of hydrogen-bond donors (Lipinski definition) is 1. The topological polar surface area (TPSA) is 20.2 Å². The second-order valence-corrected chi connectivity index (χ2v) is 7.41. The van der Waals surface area contributed by atoms with Crippen LogP contribution in [0.3, 0.4) is 0 Å². The van der Waals surface area contributed by atoms with Gasteiger partial charge in [-0.25, -0.2) is 0 Å². The Morgan fingerprint density at radius 3 is 2.75 bits per heavy atom. The van der Waals surface area contributed by atoms with Crippen LogP contribution in [-0.2, 0) is 5.75 Å². The minimum atomic E-state index is 0.144. The maximum absolute atomic E-state index is 8.62. The maximum atomic E-state index is 8.62. The lowest BCUT2D eigenvalue weighted by molar-refractivity contribution is 0.305. The van der Waals surface area contributed by atoms with Gasteiger partial charge in [-0.1, -0.05) is 32.6 Å². The van der Waals surface area contributed by atoms with Crippen molar-refractivity contribution in [2.45, 2.75) is 37.7 Å². The molecule has 1 nitrogen and oxygen atoms in total. The highest BCUT2D eigenvalue weighted by Gasteiger charge is 2.11. The van der Waals surface area contributed by atoms with Gasteiger partial charge in [0.15, 0.2) is 0 Å². The van der Waals surface area contributed by atoms with Crippen molar-refractivity contribution in [1.29, 1.82) is 0 Å². The fourth-order valence-electron chi connectivity index (χ4n) is 1.02. The Bertz CT molecular complexity index is 377. The van der Waals surface area contributed by atoms with Crippen LogP contribution in [0.4, 0.5) is 0 Å². The molecule has 0 aliphatic carbocycles. The predicted octanol–water partition coefficient (Wildman–Crippen LogP) is 3.51. The van der Waals surface area contributed by atoms with E-state index in [9.17, 15) is 0 Å². The highest BCUT2D eigenvalue weighted by atomic mass is 32.2. The van der Waals surface area contributed by atoms with Gasteiger partial charge in [0.25, 0.3) is 0 Å². The number of hydrogen-bond acceptors (Lipinski definition) is 3. The number of thioether (sulfide) groups is 1. The van der Waals surface area contributed by atoms with Gasteiger partial charge in [-0.3, -0.25) is 0 Å². The zero-order chi connectivity index (χ0) is 12.0. The summed E-state index contributed by atoms with van der Waals surface area (Å²) >= 11 is 3.70. The molecule has 0 atom stereocenters. The molecule has 3 heteroatoms. The number of aliphatic hydroxyl groups excluding tert-OH is 1. The van der Waals surface area contributed by atoms with Crippen LogP contribution < -0.4 is 0 Å². The van der Waals surface area contributed by atoms with Crippen LogP contribution >= 0.6 is 23.1 Å². The Balaban J connectivity index is 2.50. The molecule has 0 saturated carbocycles. The summed E-state index contributed by atoms with van der Waals surface area (Å²) < 4.78 is 0.312. The third-order valence-corrected chi connectivity index (χ3v) is 4.26. The first kappa shape index (κ1) is 13.6. The van der Waals surface area contributed by atoms with Gasteiger partial charge in [0.05, 0.1) is 11.5 Å². The third-order valence-electron chi connectivity index (χ3n) is 1.76. The Kier molecular flexibility index (Phi) is 5.40. The summed E-state index contributed by atoms with van der Waals surface area (Å²) in [5.41, 5.74) is 0. The van der Waals surface area contributed by atoms with Gasteiger partial charge in [-0.2, -0.15) is 11.8 Å². The molecule has 0 aliphatic heterocycles. The van der Waals surface area contributed by atoms with Crippen molar-refractivity contribution in [3.63, 3.8) is 0 Å². The summed E-state index contributed by atoms with van der Waals surface area (Å²) in [5, 5.41) is 8.62. The van der Waals surface area contributed by atoms with E-state index in [2.05, 4.69) is 44.7 Å². The number of thiophene rings is 1. The molecule has 1 rings (SSSR count). The van der Waals surface area contributed by atoms with E-state index in [0.29, 0.717) is 11.2 Å². The van der Waals surface area contributed by atoms with Gasteiger partial charge in [-0.15, -0.1) is 11.3 Å². The molecule has 0 saturated heterocycles. The van der Waals surface area contributed by atoms with Gasteiger partial charge in [0, 0.05) is 21.8 Å². The van der Waals surface area contributed by atoms with Crippen LogP contribution in [0.2, 0.25) is 0 Å². The summed E-state index contributed by atoms with van der Waals surface area (Å²) in [6, 6.07) is 4.21.